The molecule has 2 N–H and O–H groups in total. The number of nitrogens with zero attached hydrogens (tertiary/aromatic N) is 4. The molecule has 3 amide bonds. The molecule has 218 valence electrons. The first-order valence-corrected chi connectivity index (χ1v) is 12.6. The van der Waals surface area contributed by atoms with E-state index in [9.17, 15) is 37.2 Å². The fraction of sp³-hybridized carbons (Fsp3) is 0.393. The van der Waals surface area contributed by atoms with Gasteiger partial charge in [-0.1, -0.05) is 6.92 Å². The van der Waals surface area contributed by atoms with Crippen LogP contribution in [0.5, 0.6) is 0 Å². The number of carbonyl (C=O) groups is 3. The highest BCUT2D eigenvalue weighted by Crippen LogP contribution is 2.29. The predicted molar refractivity (Wildman–Crippen MR) is 143 cm³/mol. The summed E-state index contributed by atoms with van der Waals surface area (Å²) in [4.78, 5) is 46.6. The van der Waals surface area contributed by atoms with Gasteiger partial charge in [0.25, 0.3) is 5.91 Å². The number of rotatable bonds is 11. The molecule has 0 bridgehead atoms. The summed E-state index contributed by atoms with van der Waals surface area (Å²) in [5.41, 5.74) is -1.92. The zero-order valence-corrected chi connectivity index (χ0v) is 23.1. The highest BCUT2D eigenvalue weighted by molar-refractivity contribution is 6.00. The number of benzene rings is 1. The molecule has 3 aromatic rings. The van der Waals surface area contributed by atoms with Crippen LogP contribution < -0.4 is 5.32 Å². The highest BCUT2D eigenvalue weighted by atomic mass is 19.2. The van der Waals surface area contributed by atoms with Crippen LogP contribution in [0, 0.1) is 28.8 Å². The number of halogens is 4. The molecule has 0 radical (unpaired) electrons. The number of hydrogen-bond acceptors (Lipinski definition) is 5. The van der Waals surface area contributed by atoms with Gasteiger partial charge in [-0.05, 0) is 38.5 Å². The molecule has 1 aromatic carbocycles. The first-order valence-electron chi connectivity index (χ1n) is 12.6. The van der Waals surface area contributed by atoms with E-state index in [1.54, 1.807) is 19.1 Å². The van der Waals surface area contributed by atoms with E-state index in [2.05, 4.69) is 21.4 Å². The quantitative estimate of drug-likeness (QED) is 0.196. The van der Waals surface area contributed by atoms with Gasteiger partial charge in [0, 0.05) is 44.1 Å². The van der Waals surface area contributed by atoms with E-state index < -0.39 is 64.9 Å². The van der Waals surface area contributed by atoms with Gasteiger partial charge in [0.15, 0.2) is 11.6 Å². The van der Waals surface area contributed by atoms with Crippen LogP contribution in [0.3, 0.4) is 0 Å². The van der Waals surface area contributed by atoms with Gasteiger partial charge in [-0.15, -0.1) is 0 Å². The minimum absolute atomic E-state index is 0.0961. The molecule has 3 atom stereocenters. The van der Waals surface area contributed by atoms with E-state index >= 15 is 0 Å². The Hall–Kier alpha value is -4.47. The number of aromatic nitrogens is 2. The Kier molecular flexibility index (Phi) is 9.37. The van der Waals surface area contributed by atoms with Crippen molar-refractivity contribution in [2.45, 2.75) is 57.3 Å². The van der Waals surface area contributed by atoms with Crippen LogP contribution in [0.2, 0.25) is 0 Å². The lowest BCUT2D eigenvalue weighted by atomic mass is 9.94. The fourth-order valence-corrected chi connectivity index (χ4v) is 4.61. The monoisotopic (exact) mass is 574 g/mol. The van der Waals surface area contributed by atoms with Gasteiger partial charge in [0.05, 0.1) is 23.0 Å². The first-order chi connectivity index (χ1) is 19.2. The molecule has 0 aliphatic carbocycles. The van der Waals surface area contributed by atoms with Crippen LogP contribution >= 0.6 is 0 Å². The van der Waals surface area contributed by atoms with Crippen LogP contribution in [-0.4, -0.2) is 69.8 Å². The topological polar surface area (TPSA) is 122 Å². The molecule has 13 heteroatoms. The van der Waals surface area contributed by atoms with Crippen molar-refractivity contribution in [1.82, 2.24) is 19.8 Å². The third kappa shape index (κ3) is 6.82. The SMILES string of the molecule is CC(CC(C#N)N(C)C(=O)C(CC(C)(C)F)N(C)C(=O)c1cc2c(F)cc(F)c(F)c2[nH]1)c1ncccc1NC=O. The third-order valence-electron chi connectivity index (χ3n) is 6.80. The van der Waals surface area contributed by atoms with Crippen molar-refractivity contribution >= 4 is 34.8 Å². The maximum Gasteiger partial charge on any atom is 0.270 e. The summed E-state index contributed by atoms with van der Waals surface area (Å²) < 4.78 is 57.0. The summed E-state index contributed by atoms with van der Waals surface area (Å²) in [6.07, 6.45) is 1.65. The summed E-state index contributed by atoms with van der Waals surface area (Å²) in [5.74, 6) is -5.99. The lowest BCUT2D eigenvalue weighted by Crippen LogP contribution is -2.52. The van der Waals surface area contributed by atoms with Crippen molar-refractivity contribution in [2.24, 2.45) is 0 Å². The molecule has 9 nitrogen and oxygen atoms in total. The molecule has 2 aromatic heterocycles. The molecule has 0 saturated carbocycles. The van der Waals surface area contributed by atoms with E-state index in [1.807, 2.05) is 0 Å². The van der Waals surface area contributed by atoms with Gasteiger partial charge in [0.2, 0.25) is 12.3 Å². The van der Waals surface area contributed by atoms with Crippen LogP contribution in [0.4, 0.5) is 23.2 Å². The summed E-state index contributed by atoms with van der Waals surface area (Å²) in [7, 11) is 2.57. The number of fused-ring (bicyclic) bond motifs is 1. The molecule has 0 aliphatic heterocycles. The molecular weight excluding hydrogens is 544 g/mol. The fourth-order valence-electron chi connectivity index (χ4n) is 4.61. The molecule has 0 saturated heterocycles. The van der Waals surface area contributed by atoms with Gasteiger partial charge in [-0.3, -0.25) is 19.4 Å². The summed E-state index contributed by atoms with van der Waals surface area (Å²) in [5, 5.41) is 12.1. The number of amides is 3. The van der Waals surface area contributed by atoms with Crippen molar-refractivity contribution in [3.63, 3.8) is 0 Å². The van der Waals surface area contributed by atoms with Crippen LogP contribution in [0.15, 0.2) is 30.5 Å². The van der Waals surface area contributed by atoms with Gasteiger partial charge >= 0.3 is 0 Å². The van der Waals surface area contributed by atoms with Crippen molar-refractivity contribution in [3.8, 4) is 6.07 Å². The Morgan fingerprint density at radius 2 is 1.88 bits per heavy atom. The number of anilines is 1. The zero-order valence-electron chi connectivity index (χ0n) is 23.1. The third-order valence-corrected chi connectivity index (χ3v) is 6.80. The molecule has 41 heavy (non-hydrogen) atoms. The van der Waals surface area contributed by atoms with Gasteiger partial charge in [0.1, 0.15) is 29.3 Å². The van der Waals surface area contributed by atoms with E-state index in [0.29, 0.717) is 23.9 Å². The molecule has 0 fully saturated rings. The van der Waals surface area contributed by atoms with E-state index in [1.165, 1.54) is 34.1 Å². The van der Waals surface area contributed by atoms with Crippen molar-refractivity contribution < 1.29 is 31.9 Å². The smallest absolute Gasteiger partial charge is 0.270 e. The Morgan fingerprint density at radius 3 is 2.49 bits per heavy atom. The minimum Gasteiger partial charge on any atom is -0.348 e. The van der Waals surface area contributed by atoms with Crippen LogP contribution in [0.25, 0.3) is 10.9 Å². The number of aromatic amines is 1. The maximum atomic E-state index is 14.9. The lowest BCUT2D eigenvalue weighted by molar-refractivity contribution is -0.137. The lowest BCUT2D eigenvalue weighted by Gasteiger charge is -2.35. The summed E-state index contributed by atoms with van der Waals surface area (Å²) in [6.45, 7) is 4.19. The molecule has 3 rings (SSSR count). The minimum atomic E-state index is -1.93. The Bertz CT molecular complexity index is 1500. The number of carbonyl (C=O) groups excluding carboxylic acids is 3. The van der Waals surface area contributed by atoms with Crippen LogP contribution in [0.1, 0.15) is 55.7 Å². The zero-order chi connectivity index (χ0) is 30.6. The van der Waals surface area contributed by atoms with E-state index in [-0.39, 0.29) is 17.5 Å². The molecule has 0 aliphatic rings. The molecule has 3 unspecified atom stereocenters. The van der Waals surface area contributed by atoms with Crippen molar-refractivity contribution in [1.29, 1.82) is 5.26 Å². The largest absolute Gasteiger partial charge is 0.348 e. The number of likely N-dealkylation sites (N-methyl/N-ethyl adjacent to an activating group) is 2. The van der Waals surface area contributed by atoms with Gasteiger partial charge < -0.3 is 20.1 Å². The first kappa shape index (κ1) is 31.1. The molecular formula is C28H30F4N6O3. The van der Waals surface area contributed by atoms with Gasteiger partial charge in [-0.25, -0.2) is 17.6 Å². The average Bonchev–Trinajstić information content (AvgIpc) is 3.38. The average molecular weight is 575 g/mol. The number of alkyl halides is 1. The maximum absolute atomic E-state index is 14.9. The number of hydrogen-bond donors (Lipinski definition) is 2. The van der Waals surface area contributed by atoms with Crippen molar-refractivity contribution in [3.05, 3.63) is 59.3 Å². The van der Waals surface area contributed by atoms with Gasteiger partial charge in [-0.2, -0.15) is 5.26 Å². The number of nitriles is 1. The second-order valence-corrected chi connectivity index (χ2v) is 10.4. The highest BCUT2D eigenvalue weighted by Gasteiger charge is 2.38. The standard InChI is InChI=1S/C28H30F4N6O3/c1-15(24-20(35-14-39)7-6-8-34-24)9-16(13-33)37(4)27(41)22(12-28(2,3)32)38(5)26(40)21-10-17-18(29)11-19(30)23(31)25(17)36-21/h6-8,10-11,14-16,22,36H,9,12H2,1-5H3,(H,35,39). The molecule has 2 heterocycles. The number of pyridine rings is 1. The Balaban J connectivity index is 1.90. The summed E-state index contributed by atoms with van der Waals surface area (Å²) >= 11 is 0. The second-order valence-electron chi connectivity index (χ2n) is 10.4. The molecule has 0 spiro atoms. The number of nitrogens with one attached hydrogen (secondary N) is 2. The van der Waals surface area contributed by atoms with E-state index in [0.717, 1.165) is 15.9 Å². The van der Waals surface area contributed by atoms with Crippen molar-refractivity contribution in [2.75, 3.05) is 19.4 Å². The summed E-state index contributed by atoms with van der Waals surface area (Å²) in [6, 6.07) is 4.20. The normalized spacial score (nSPS) is 13.7. The van der Waals surface area contributed by atoms with Crippen LogP contribution in [-0.2, 0) is 9.59 Å². The van der Waals surface area contributed by atoms with E-state index in [4.69, 9.17) is 0 Å². The Labute approximate surface area is 234 Å². The Morgan fingerprint density at radius 1 is 1.20 bits per heavy atom. The number of H-pyrrole nitrogens is 1. The second kappa shape index (κ2) is 12.4. The predicted octanol–water partition coefficient (Wildman–Crippen LogP) is 4.67.